The maximum Gasteiger partial charge on any atom is 1.00 e. The molecule has 9 N–H and O–H groups in total. The van der Waals surface area contributed by atoms with E-state index in [4.69, 9.17) is 18.8 Å². The van der Waals surface area contributed by atoms with E-state index in [0.29, 0.717) is 0 Å². The monoisotopic (exact) mass is 486 g/mol. The van der Waals surface area contributed by atoms with Gasteiger partial charge in [0.05, 0.1) is 6.61 Å². The van der Waals surface area contributed by atoms with Crippen molar-refractivity contribution in [2.75, 3.05) is 6.61 Å². The number of hydrogen-bond acceptors (Lipinski definition) is 13. The van der Waals surface area contributed by atoms with E-state index in [1.54, 1.807) is 0 Å². The Morgan fingerprint density at radius 3 is 2.13 bits per heavy atom. The molecular weight excluding hydrogens is 461 g/mol. The van der Waals surface area contributed by atoms with Gasteiger partial charge in [-0.2, -0.15) is 8.42 Å². The zero-order valence-electron chi connectivity index (χ0n) is 16.5. The minimum Gasteiger partial charge on any atom is -0.394 e. The number of rotatable bonds is 6. The Bertz CT molecular complexity index is 709. The summed E-state index contributed by atoms with van der Waals surface area (Å²) in [5.74, 6) is -0.734. The van der Waals surface area contributed by atoms with Gasteiger partial charge in [0.15, 0.2) is 12.6 Å². The molecule has 2 fully saturated rings. The van der Waals surface area contributed by atoms with Crippen molar-refractivity contribution in [3.63, 3.8) is 0 Å². The van der Waals surface area contributed by atoms with E-state index in [9.17, 15) is 49.0 Å². The summed E-state index contributed by atoms with van der Waals surface area (Å²) in [7, 11) is -5.20. The molecule has 0 bridgehead atoms. The Morgan fingerprint density at radius 2 is 1.65 bits per heavy atom. The van der Waals surface area contributed by atoms with Crippen LogP contribution in [0.25, 0.3) is 0 Å². The second kappa shape index (κ2) is 11.4. The Hall–Kier alpha value is -0.0200. The molecule has 1 amide bonds. The molecule has 0 aliphatic carbocycles. The van der Waals surface area contributed by atoms with Gasteiger partial charge in [0.1, 0.15) is 48.8 Å². The molecule has 0 aromatic carbocycles. The Morgan fingerprint density at radius 1 is 1.06 bits per heavy atom. The summed E-state index contributed by atoms with van der Waals surface area (Å²) < 4.78 is 47.1. The van der Waals surface area contributed by atoms with Gasteiger partial charge in [0.2, 0.25) is 11.3 Å². The van der Waals surface area contributed by atoms with Crippen LogP contribution in [-0.4, -0.2) is 128 Å². The van der Waals surface area contributed by atoms with Crippen LogP contribution < -0.4 is 34.9 Å². The van der Waals surface area contributed by atoms with Gasteiger partial charge in [0, 0.05) is 6.92 Å². The summed E-state index contributed by atoms with van der Waals surface area (Å²) >= 11 is 0. The van der Waals surface area contributed by atoms with Crippen LogP contribution in [0.3, 0.4) is 0 Å². The molecule has 0 saturated carbocycles. The van der Waals surface area contributed by atoms with E-state index in [1.807, 2.05) is 0 Å². The summed E-state index contributed by atoms with van der Waals surface area (Å²) in [5, 5.41) is 71.4. The molecule has 0 aromatic heterocycles. The summed E-state index contributed by atoms with van der Waals surface area (Å²) in [5.41, 5.74) is -2.74. The predicted octanol–water partition coefficient (Wildman–Crippen LogP) is -9.04. The number of nitrogens with one attached hydrogen (secondary N) is 1. The fraction of sp³-hybridized carbons (Fsp3) is 0.929. The topological polar surface area (TPSA) is 253 Å². The van der Waals surface area contributed by atoms with Gasteiger partial charge in [-0.05, 0) is 0 Å². The van der Waals surface area contributed by atoms with Crippen LogP contribution in [0.2, 0.25) is 0 Å². The van der Waals surface area contributed by atoms with Crippen LogP contribution in [0.1, 0.15) is 6.92 Å². The first kappa shape index (κ1) is 29.0. The van der Waals surface area contributed by atoms with Crippen molar-refractivity contribution in [3.8, 4) is 0 Å². The van der Waals surface area contributed by atoms with Gasteiger partial charge in [-0.3, -0.25) is 9.35 Å². The average Bonchev–Trinajstić information content (AvgIpc) is 2.65. The summed E-state index contributed by atoms with van der Waals surface area (Å²) in [6, 6.07) is -1.60. The van der Waals surface area contributed by atoms with Gasteiger partial charge in [-0.15, -0.1) is 0 Å². The first-order valence-corrected chi connectivity index (χ1v) is 10.2. The quantitative estimate of drug-likeness (QED) is 0.125. The fourth-order valence-corrected chi connectivity index (χ4v) is 3.73. The maximum atomic E-state index is 11.3. The Kier molecular flexibility index (Phi) is 10.7. The molecule has 2 rings (SSSR count). The summed E-state index contributed by atoms with van der Waals surface area (Å²) in [4.78, 5) is 11.3. The normalized spacial score (nSPS) is 42.4. The van der Waals surface area contributed by atoms with Crippen LogP contribution in [0, 0.1) is 0 Å². The van der Waals surface area contributed by atoms with Crippen LogP contribution >= 0.6 is 0 Å². The van der Waals surface area contributed by atoms with Gasteiger partial charge < -0.3 is 55.3 Å². The van der Waals surface area contributed by atoms with Gasteiger partial charge >= 0.3 is 29.6 Å². The van der Waals surface area contributed by atoms with Crippen LogP contribution in [0.4, 0.5) is 0 Å². The van der Waals surface area contributed by atoms with E-state index < -0.39 is 89.4 Å². The molecule has 31 heavy (non-hydrogen) atoms. The molecule has 2 aliphatic heterocycles. The third-order valence-corrected chi connectivity index (χ3v) is 5.61. The van der Waals surface area contributed by atoms with Gasteiger partial charge in [0.25, 0.3) is 10.1 Å². The third kappa shape index (κ3) is 6.52. The number of amides is 1. The molecule has 2 aliphatic rings. The molecule has 0 spiro atoms. The summed E-state index contributed by atoms with van der Waals surface area (Å²) in [6.07, 6.45) is -17.1. The Balaban J connectivity index is 0.00000480. The average molecular weight is 486 g/mol. The number of carbonyl (C=O) groups is 1. The molecule has 2 saturated heterocycles. The largest absolute Gasteiger partial charge is 1.00 e. The minimum atomic E-state index is -5.20. The fourth-order valence-electron chi connectivity index (χ4n) is 3.17. The first-order chi connectivity index (χ1) is 13.8. The van der Waals surface area contributed by atoms with Crippen molar-refractivity contribution in [1.82, 2.24) is 5.32 Å². The number of hydrogen-bond donors (Lipinski definition) is 9. The molecular formula is C14H25NNaO14S+. The number of carbonyl (C=O) groups excluding carboxylic acids is 1. The van der Waals surface area contributed by atoms with E-state index in [-0.39, 0.29) is 29.6 Å². The molecule has 2 unspecified atom stereocenters. The zero-order valence-corrected chi connectivity index (χ0v) is 19.3. The number of ether oxygens (including phenoxy) is 3. The maximum absolute atomic E-state index is 11.3. The minimum absolute atomic E-state index is 0. The molecule has 0 radical (unpaired) electrons. The number of aliphatic hydroxyl groups is 7. The molecule has 2 heterocycles. The smallest absolute Gasteiger partial charge is 0.394 e. The second-order valence-corrected chi connectivity index (χ2v) is 8.42. The Labute approximate surface area is 198 Å². The SMILES string of the molecule is CC(=O)N[C@@H]1C(O)O[C@@H](C(O)S(=O)(=O)O)[C@H](O[C@@H]2O[C@H](CO)[C@H](O)[C@H](O)[C@H]2O)[C@H]1O.[Na+]. The van der Waals surface area contributed by atoms with Crippen LogP contribution in [0.15, 0.2) is 0 Å². The van der Waals surface area contributed by atoms with Crippen molar-refractivity contribution in [3.05, 3.63) is 0 Å². The van der Waals surface area contributed by atoms with E-state index in [2.05, 4.69) is 5.32 Å². The number of aliphatic hydroxyl groups excluding tert-OH is 7. The third-order valence-electron chi connectivity index (χ3n) is 4.73. The molecule has 15 nitrogen and oxygen atoms in total. The van der Waals surface area contributed by atoms with E-state index >= 15 is 0 Å². The molecule has 17 heteroatoms. The zero-order chi connectivity index (χ0) is 23.0. The van der Waals surface area contributed by atoms with E-state index in [0.717, 1.165) is 6.92 Å². The van der Waals surface area contributed by atoms with Crippen molar-refractivity contribution in [2.24, 2.45) is 0 Å². The standard InChI is InChI=1S/C14H25NO14S.Na/c1-3(17)15-5-7(19)10(11(28-12(5)22)13(23)30(24,25)26)29-14-9(21)8(20)6(18)4(2-16)27-14;/h4-14,16,18-23H,2H2,1H3,(H,15,17)(H,24,25,26);/q;+1/t4-,5+,6+,7+,8+,9-,10-,11-,12?,13?,14+;/m1./s1. The second-order valence-electron chi connectivity index (χ2n) is 6.91. The van der Waals surface area contributed by atoms with Gasteiger partial charge in [-0.25, -0.2) is 0 Å². The van der Waals surface area contributed by atoms with Crippen LogP contribution in [-0.2, 0) is 29.1 Å². The van der Waals surface area contributed by atoms with Crippen molar-refractivity contribution >= 4 is 16.0 Å². The van der Waals surface area contributed by atoms with E-state index in [1.165, 1.54) is 0 Å². The summed E-state index contributed by atoms with van der Waals surface area (Å²) in [6.45, 7) is 0.213. The van der Waals surface area contributed by atoms with Gasteiger partial charge in [-0.1, -0.05) is 0 Å². The van der Waals surface area contributed by atoms with Crippen molar-refractivity contribution < 1.29 is 97.3 Å². The molecule has 11 atom stereocenters. The van der Waals surface area contributed by atoms with Crippen molar-refractivity contribution in [1.29, 1.82) is 0 Å². The first-order valence-electron chi connectivity index (χ1n) is 8.68. The van der Waals surface area contributed by atoms with Crippen LogP contribution in [0.5, 0.6) is 0 Å². The van der Waals surface area contributed by atoms with Crippen molar-refractivity contribution in [2.45, 2.75) is 73.7 Å². The molecule has 0 aromatic rings. The predicted molar refractivity (Wildman–Crippen MR) is 90.7 cm³/mol. The molecule has 176 valence electrons.